The summed E-state index contributed by atoms with van der Waals surface area (Å²) >= 11 is 0. The third-order valence-electron chi connectivity index (χ3n) is 4.00. The third-order valence-corrected chi connectivity index (χ3v) is 4.00. The number of nitrogens with one attached hydrogen (secondary N) is 1. The minimum absolute atomic E-state index is 0.536. The zero-order valence-electron chi connectivity index (χ0n) is 13.3. The van der Waals surface area contributed by atoms with Crippen molar-refractivity contribution >= 4 is 0 Å². The van der Waals surface area contributed by atoms with Gasteiger partial charge in [0.15, 0.2) is 0 Å². The van der Waals surface area contributed by atoms with Crippen molar-refractivity contribution in [3.8, 4) is 0 Å². The molecular formula is C20H27N. The van der Waals surface area contributed by atoms with E-state index in [1.54, 1.807) is 0 Å². The maximum Gasteiger partial charge on any atom is 0.00792 e. The van der Waals surface area contributed by atoms with Crippen LogP contribution in [0.1, 0.15) is 37.0 Å². The van der Waals surface area contributed by atoms with Gasteiger partial charge in [-0.05, 0) is 55.8 Å². The molecule has 0 saturated heterocycles. The zero-order valence-corrected chi connectivity index (χ0v) is 13.3. The molecule has 2 aromatic rings. The van der Waals surface area contributed by atoms with Gasteiger partial charge in [-0.3, -0.25) is 0 Å². The molecule has 0 aliphatic carbocycles. The van der Waals surface area contributed by atoms with Crippen LogP contribution in [0, 0.1) is 0 Å². The maximum absolute atomic E-state index is 3.65. The van der Waals surface area contributed by atoms with Gasteiger partial charge in [0.2, 0.25) is 0 Å². The van der Waals surface area contributed by atoms with Gasteiger partial charge in [0.25, 0.3) is 0 Å². The summed E-state index contributed by atoms with van der Waals surface area (Å²) in [4.78, 5) is 0. The molecule has 0 spiro atoms. The molecule has 112 valence electrons. The number of hydrogen-bond acceptors (Lipinski definition) is 1. The van der Waals surface area contributed by atoms with Crippen molar-refractivity contribution in [3.63, 3.8) is 0 Å². The van der Waals surface area contributed by atoms with E-state index in [1.807, 2.05) is 0 Å². The lowest BCUT2D eigenvalue weighted by Gasteiger charge is -2.16. The lowest BCUT2D eigenvalue weighted by molar-refractivity contribution is 0.533. The predicted molar refractivity (Wildman–Crippen MR) is 91.8 cm³/mol. The molecule has 0 bridgehead atoms. The van der Waals surface area contributed by atoms with Gasteiger partial charge in [-0.15, -0.1) is 0 Å². The van der Waals surface area contributed by atoms with Crippen molar-refractivity contribution in [3.05, 3.63) is 71.3 Å². The van der Waals surface area contributed by atoms with Gasteiger partial charge in [-0.25, -0.2) is 0 Å². The van der Waals surface area contributed by atoms with Crippen molar-refractivity contribution in [2.24, 2.45) is 0 Å². The van der Waals surface area contributed by atoms with E-state index in [-0.39, 0.29) is 0 Å². The van der Waals surface area contributed by atoms with Gasteiger partial charge >= 0.3 is 0 Å². The smallest absolute Gasteiger partial charge is 0.00792 e. The van der Waals surface area contributed by atoms with E-state index in [0.29, 0.717) is 6.04 Å². The number of aryl methyl sites for hydroxylation is 2. The summed E-state index contributed by atoms with van der Waals surface area (Å²) in [6.07, 6.45) is 4.60. The first-order valence-electron chi connectivity index (χ1n) is 8.13. The molecule has 2 rings (SSSR count). The predicted octanol–water partition coefficient (Wildman–Crippen LogP) is 4.40. The molecule has 2 aromatic carbocycles. The summed E-state index contributed by atoms with van der Waals surface area (Å²) in [5.74, 6) is 0. The Hall–Kier alpha value is -1.60. The van der Waals surface area contributed by atoms with Gasteiger partial charge in [0, 0.05) is 6.04 Å². The second-order valence-corrected chi connectivity index (χ2v) is 5.77. The second-order valence-electron chi connectivity index (χ2n) is 5.77. The van der Waals surface area contributed by atoms with Crippen LogP contribution >= 0.6 is 0 Å². The van der Waals surface area contributed by atoms with Crippen molar-refractivity contribution in [1.82, 2.24) is 5.32 Å². The van der Waals surface area contributed by atoms with E-state index in [9.17, 15) is 0 Å². The largest absolute Gasteiger partial charge is 0.314 e. The van der Waals surface area contributed by atoms with Gasteiger partial charge in [-0.1, -0.05) is 61.5 Å². The molecule has 0 aliphatic rings. The normalized spacial score (nSPS) is 12.3. The van der Waals surface area contributed by atoms with E-state index in [4.69, 9.17) is 0 Å². The summed E-state index contributed by atoms with van der Waals surface area (Å²) in [6.45, 7) is 5.61. The zero-order chi connectivity index (χ0) is 14.9. The van der Waals surface area contributed by atoms with E-state index < -0.39 is 0 Å². The molecule has 0 heterocycles. The molecular weight excluding hydrogens is 254 g/mol. The summed E-state index contributed by atoms with van der Waals surface area (Å²) in [5, 5.41) is 3.65. The van der Waals surface area contributed by atoms with E-state index in [1.165, 1.54) is 23.1 Å². The van der Waals surface area contributed by atoms with Crippen LogP contribution in [0.25, 0.3) is 0 Å². The fraction of sp³-hybridized carbons (Fsp3) is 0.400. The molecule has 0 aliphatic heterocycles. The molecule has 0 saturated carbocycles. The molecule has 0 fully saturated rings. The highest BCUT2D eigenvalue weighted by Gasteiger charge is 2.05. The number of rotatable bonds is 8. The molecule has 1 N–H and O–H groups in total. The first-order valence-corrected chi connectivity index (χ1v) is 8.13. The van der Waals surface area contributed by atoms with Crippen LogP contribution in [0.2, 0.25) is 0 Å². The Bertz CT molecular complexity index is 518. The van der Waals surface area contributed by atoms with E-state index in [0.717, 1.165) is 25.8 Å². The van der Waals surface area contributed by atoms with E-state index >= 15 is 0 Å². The molecule has 1 heteroatoms. The standard InChI is InChI=1S/C20H27N/c1-3-19-13-7-8-14-20(19)16-17(2)21-15-9-12-18-10-5-4-6-11-18/h4-8,10-11,13-14,17,21H,3,9,12,15-16H2,1-2H3. The van der Waals surface area contributed by atoms with Crippen LogP contribution in [-0.2, 0) is 19.3 Å². The molecule has 0 aromatic heterocycles. The SMILES string of the molecule is CCc1ccccc1CC(C)NCCCc1ccccc1. The van der Waals surface area contributed by atoms with Crippen LogP contribution in [0.15, 0.2) is 54.6 Å². The van der Waals surface area contributed by atoms with Crippen molar-refractivity contribution in [1.29, 1.82) is 0 Å². The average Bonchev–Trinajstić information content (AvgIpc) is 2.53. The van der Waals surface area contributed by atoms with Crippen molar-refractivity contribution < 1.29 is 0 Å². The Balaban J connectivity index is 1.71. The van der Waals surface area contributed by atoms with Crippen LogP contribution in [0.5, 0.6) is 0 Å². The summed E-state index contributed by atoms with van der Waals surface area (Å²) in [6, 6.07) is 20.1. The Kier molecular flexibility index (Phi) is 6.49. The highest BCUT2D eigenvalue weighted by atomic mass is 14.9. The lowest BCUT2D eigenvalue weighted by Crippen LogP contribution is -2.29. The molecule has 0 radical (unpaired) electrons. The topological polar surface area (TPSA) is 12.0 Å². The minimum Gasteiger partial charge on any atom is -0.314 e. The first kappa shape index (κ1) is 15.8. The molecule has 1 nitrogen and oxygen atoms in total. The van der Waals surface area contributed by atoms with Crippen molar-refractivity contribution in [2.45, 2.75) is 45.6 Å². The van der Waals surface area contributed by atoms with Crippen LogP contribution < -0.4 is 5.32 Å². The molecule has 1 unspecified atom stereocenters. The summed E-state index contributed by atoms with van der Waals surface area (Å²) in [5.41, 5.74) is 4.40. The second kappa shape index (κ2) is 8.63. The van der Waals surface area contributed by atoms with Crippen LogP contribution in [0.4, 0.5) is 0 Å². The van der Waals surface area contributed by atoms with E-state index in [2.05, 4.69) is 73.8 Å². The Labute approximate surface area is 129 Å². The summed E-state index contributed by atoms with van der Waals surface area (Å²) < 4.78 is 0. The van der Waals surface area contributed by atoms with Crippen molar-refractivity contribution in [2.75, 3.05) is 6.54 Å². The molecule has 0 amide bonds. The highest BCUT2D eigenvalue weighted by molar-refractivity contribution is 5.27. The van der Waals surface area contributed by atoms with Gasteiger partial charge in [0.1, 0.15) is 0 Å². The Morgan fingerprint density at radius 3 is 2.29 bits per heavy atom. The average molecular weight is 281 g/mol. The fourth-order valence-electron chi connectivity index (χ4n) is 2.79. The first-order chi connectivity index (χ1) is 10.3. The third kappa shape index (κ3) is 5.35. The lowest BCUT2D eigenvalue weighted by atomic mass is 9.99. The van der Waals surface area contributed by atoms with Gasteiger partial charge in [-0.2, -0.15) is 0 Å². The fourth-order valence-corrected chi connectivity index (χ4v) is 2.79. The summed E-state index contributed by atoms with van der Waals surface area (Å²) in [7, 11) is 0. The van der Waals surface area contributed by atoms with Crippen LogP contribution in [0.3, 0.4) is 0 Å². The Morgan fingerprint density at radius 1 is 0.905 bits per heavy atom. The Morgan fingerprint density at radius 2 is 1.57 bits per heavy atom. The molecule has 1 atom stereocenters. The quantitative estimate of drug-likeness (QED) is 0.707. The maximum atomic E-state index is 3.65. The number of benzene rings is 2. The minimum atomic E-state index is 0.536. The van der Waals surface area contributed by atoms with Gasteiger partial charge < -0.3 is 5.32 Å². The monoisotopic (exact) mass is 281 g/mol. The van der Waals surface area contributed by atoms with Gasteiger partial charge in [0.05, 0.1) is 0 Å². The highest BCUT2D eigenvalue weighted by Crippen LogP contribution is 2.12. The molecule has 21 heavy (non-hydrogen) atoms. The number of hydrogen-bond donors (Lipinski definition) is 1. The van der Waals surface area contributed by atoms with Crippen LogP contribution in [-0.4, -0.2) is 12.6 Å².